The molecule has 0 atom stereocenters. The predicted octanol–water partition coefficient (Wildman–Crippen LogP) is 3.03. The molecule has 2 amide bonds. The topological polar surface area (TPSA) is 84.0 Å². The minimum Gasteiger partial charge on any atom is -0.374 e. The minimum atomic E-state index is -0.297. The molecule has 0 fully saturated rings. The van der Waals surface area contributed by atoms with Crippen LogP contribution in [0.1, 0.15) is 30.8 Å². The first-order chi connectivity index (χ1) is 11.4. The van der Waals surface area contributed by atoms with Gasteiger partial charge < -0.3 is 19.9 Å². The lowest BCUT2D eigenvalue weighted by Gasteiger charge is -2.14. The fourth-order valence-electron chi connectivity index (χ4n) is 2.10. The minimum absolute atomic E-state index is 0.160. The van der Waals surface area contributed by atoms with Gasteiger partial charge in [-0.3, -0.25) is 5.10 Å². The second-order valence-corrected chi connectivity index (χ2v) is 6.15. The van der Waals surface area contributed by atoms with Gasteiger partial charge in [-0.15, -0.1) is 0 Å². The standard InChI is InChI=1S/C16H23N5O2S/c1-10(2)23-9-12-6-5-7-13(11(12)3)18-15(22)17-8-14-19-20-16(24)21(14)4/h5-7,10H,8-9H2,1-4H3,(H,20,24)(H2,17,18,22). The second-order valence-electron chi connectivity index (χ2n) is 5.76. The molecule has 1 aromatic heterocycles. The number of carbonyl (C=O) groups is 1. The van der Waals surface area contributed by atoms with Gasteiger partial charge in [0.05, 0.1) is 19.3 Å². The third kappa shape index (κ3) is 4.65. The van der Waals surface area contributed by atoms with E-state index >= 15 is 0 Å². The van der Waals surface area contributed by atoms with Crippen molar-refractivity contribution in [1.29, 1.82) is 0 Å². The third-order valence-electron chi connectivity index (χ3n) is 3.65. The van der Waals surface area contributed by atoms with Crippen molar-refractivity contribution in [3.63, 3.8) is 0 Å². The van der Waals surface area contributed by atoms with Crippen molar-refractivity contribution in [3.8, 4) is 0 Å². The molecule has 1 aromatic carbocycles. The van der Waals surface area contributed by atoms with Crippen molar-refractivity contribution in [2.24, 2.45) is 7.05 Å². The number of amides is 2. The highest BCUT2D eigenvalue weighted by Gasteiger charge is 2.09. The fraction of sp³-hybridized carbons (Fsp3) is 0.438. The summed E-state index contributed by atoms with van der Waals surface area (Å²) in [6.45, 7) is 6.75. The van der Waals surface area contributed by atoms with Crippen LogP contribution in [0.4, 0.5) is 10.5 Å². The van der Waals surface area contributed by atoms with Crippen molar-refractivity contribution >= 4 is 23.9 Å². The first kappa shape index (κ1) is 18.2. The van der Waals surface area contributed by atoms with Gasteiger partial charge in [0, 0.05) is 12.7 Å². The normalized spacial score (nSPS) is 10.9. The van der Waals surface area contributed by atoms with Crippen molar-refractivity contribution in [1.82, 2.24) is 20.1 Å². The van der Waals surface area contributed by atoms with Gasteiger partial charge in [0.2, 0.25) is 0 Å². The average Bonchev–Trinajstić information content (AvgIpc) is 2.85. The lowest BCUT2D eigenvalue weighted by Crippen LogP contribution is -2.29. The van der Waals surface area contributed by atoms with E-state index in [-0.39, 0.29) is 18.7 Å². The molecule has 7 nitrogen and oxygen atoms in total. The lowest BCUT2D eigenvalue weighted by molar-refractivity contribution is 0.0654. The van der Waals surface area contributed by atoms with E-state index in [2.05, 4.69) is 20.8 Å². The van der Waals surface area contributed by atoms with E-state index in [1.807, 2.05) is 39.0 Å². The Morgan fingerprint density at radius 1 is 1.46 bits per heavy atom. The number of aromatic amines is 1. The van der Waals surface area contributed by atoms with Crippen LogP contribution in [-0.4, -0.2) is 26.9 Å². The van der Waals surface area contributed by atoms with Crippen molar-refractivity contribution < 1.29 is 9.53 Å². The molecule has 0 bridgehead atoms. The zero-order chi connectivity index (χ0) is 17.7. The number of hydrogen-bond donors (Lipinski definition) is 3. The summed E-state index contributed by atoms with van der Waals surface area (Å²) in [5.74, 6) is 0.658. The molecule has 0 radical (unpaired) electrons. The van der Waals surface area contributed by atoms with Crippen molar-refractivity contribution in [2.45, 2.75) is 40.0 Å². The molecule has 2 rings (SSSR count). The first-order valence-corrected chi connectivity index (χ1v) is 8.14. The van der Waals surface area contributed by atoms with Gasteiger partial charge in [-0.25, -0.2) is 4.79 Å². The smallest absolute Gasteiger partial charge is 0.319 e. The van der Waals surface area contributed by atoms with Gasteiger partial charge in [-0.05, 0) is 50.2 Å². The van der Waals surface area contributed by atoms with Crippen LogP contribution in [0.25, 0.3) is 0 Å². The molecule has 0 aliphatic carbocycles. The Kier molecular flexibility index (Phi) is 6.10. The molecule has 3 N–H and O–H groups in total. The molecular formula is C16H23N5O2S. The molecule has 0 saturated heterocycles. The van der Waals surface area contributed by atoms with E-state index in [0.717, 1.165) is 16.8 Å². The molecular weight excluding hydrogens is 326 g/mol. The zero-order valence-corrected chi connectivity index (χ0v) is 15.2. The van der Waals surface area contributed by atoms with Crippen LogP contribution in [0.2, 0.25) is 0 Å². The summed E-state index contributed by atoms with van der Waals surface area (Å²) in [4.78, 5) is 12.1. The number of ether oxygens (including phenoxy) is 1. The molecule has 2 aromatic rings. The van der Waals surface area contributed by atoms with Crippen LogP contribution in [0.15, 0.2) is 18.2 Å². The highest BCUT2D eigenvalue weighted by molar-refractivity contribution is 7.71. The summed E-state index contributed by atoms with van der Waals surface area (Å²) in [5.41, 5.74) is 2.80. The van der Waals surface area contributed by atoms with Gasteiger partial charge >= 0.3 is 6.03 Å². The summed E-state index contributed by atoms with van der Waals surface area (Å²) in [5, 5.41) is 12.4. The fourth-order valence-corrected chi connectivity index (χ4v) is 2.25. The monoisotopic (exact) mass is 349 g/mol. The van der Waals surface area contributed by atoms with Gasteiger partial charge in [-0.2, -0.15) is 5.10 Å². The maximum absolute atomic E-state index is 12.1. The number of anilines is 1. The Labute approximate surface area is 146 Å². The van der Waals surface area contributed by atoms with Gasteiger partial charge in [0.15, 0.2) is 10.6 Å². The maximum Gasteiger partial charge on any atom is 0.319 e. The first-order valence-electron chi connectivity index (χ1n) is 7.73. The summed E-state index contributed by atoms with van der Waals surface area (Å²) in [6.07, 6.45) is 0.160. The number of aromatic nitrogens is 3. The third-order valence-corrected chi connectivity index (χ3v) is 4.01. The maximum atomic E-state index is 12.1. The molecule has 0 spiro atoms. The second kappa shape index (κ2) is 8.07. The molecule has 1 heterocycles. The highest BCUT2D eigenvalue weighted by atomic mass is 32.1. The van der Waals surface area contributed by atoms with Crippen LogP contribution in [0.3, 0.4) is 0 Å². The number of hydrogen-bond acceptors (Lipinski definition) is 4. The van der Waals surface area contributed by atoms with E-state index in [0.29, 0.717) is 17.2 Å². The highest BCUT2D eigenvalue weighted by Crippen LogP contribution is 2.20. The van der Waals surface area contributed by atoms with E-state index in [1.165, 1.54) is 0 Å². The van der Waals surface area contributed by atoms with E-state index in [1.54, 1.807) is 11.6 Å². The summed E-state index contributed by atoms with van der Waals surface area (Å²) in [7, 11) is 1.79. The van der Waals surface area contributed by atoms with Crippen molar-refractivity contribution in [3.05, 3.63) is 39.9 Å². The molecule has 0 unspecified atom stereocenters. The largest absolute Gasteiger partial charge is 0.374 e. The van der Waals surface area contributed by atoms with Gasteiger partial charge in [-0.1, -0.05) is 12.1 Å². The Morgan fingerprint density at radius 2 is 2.21 bits per heavy atom. The Bertz CT molecular complexity index is 766. The number of urea groups is 1. The van der Waals surface area contributed by atoms with E-state index in [4.69, 9.17) is 17.0 Å². The Hall–Kier alpha value is -2.19. The van der Waals surface area contributed by atoms with Crippen molar-refractivity contribution in [2.75, 3.05) is 5.32 Å². The quantitative estimate of drug-likeness (QED) is 0.700. The molecule has 24 heavy (non-hydrogen) atoms. The van der Waals surface area contributed by atoms with Crippen LogP contribution in [-0.2, 0) is 24.9 Å². The number of carbonyl (C=O) groups excluding carboxylic acids is 1. The molecule has 0 saturated carbocycles. The number of nitrogens with zero attached hydrogens (tertiary/aromatic N) is 2. The number of rotatable bonds is 6. The average molecular weight is 349 g/mol. The molecule has 0 aliphatic rings. The van der Waals surface area contributed by atoms with Crippen LogP contribution in [0.5, 0.6) is 0 Å². The van der Waals surface area contributed by atoms with Crippen LogP contribution < -0.4 is 10.6 Å². The number of H-pyrrole nitrogens is 1. The molecule has 0 aliphatic heterocycles. The number of nitrogens with one attached hydrogen (secondary N) is 3. The zero-order valence-electron chi connectivity index (χ0n) is 14.3. The van der Waals surface area contributed by atoms with E-state index < -0.39 is 0 Å². The number of benzene rings is 1. The lowest BCUT2D eigenvalue weighted by atomic mass is 10.1. The SMILES string of the molecule is Cc1c(COC(C)C)cccc1NC(=O)NCc1n[nH]c(=S)n1C. The molecule has 8 heteroatoms. The summed E-state index contributed by atoms with van der Waals surface area (Å²) in [6, 6.07) is 5.46. The Morgan fingerprint density at radius 3 is 2.83 bits per heavy atom. The van der Waals surface area contributed by atoms with Crippen LogP contribution in [0, 0.1) is 11.7 Å². The Balaban J connectivity index is 1.97. The van der Waals surface area contributed by atoms with Gasteiger partial charge in [0.25, 0.3) is 0 Å². The van der Waals surface area contributed by atoms with Gasteiger partial charge in [0.1, 0.15) is 0 Å². The van der Waals surface area contributed by atoms with E-state index in [9.17, 15) is 4.79 Å². The van der Waals surface area contributed by atoms with Crippen LogP contribution >= 0.6 is 12.2 Å². The summed E-state index contributed by atoms with van der Waals surface area (Å²) >= 11 is 5.04. The molecule has 130 valence electrons. The predicted molar refractivity (Wildman–Crippen MR) is 95.4 cm³/mol. The summed E-state index contributed by atoms with van der Waals surface area (Å²) < 4.78 is 7.86.